The van der Waals surface area contributed by atoms with Crippen LogP contribution in [0.25, 0.3) is 0 Å². The molecule has 0 bridgehead atoms. The third-order valence-electron chi connectivity index (χ3n) is 5.65. The lowest BCUT2D eigenvalue weighted by Gasteiger charge is -2.31. The molecule has 0 spiro atoms. The van der Waals surface area contributed by atoms with E-state index in [1.807, 2.05) is 18.2 Å². The van der Waals surface area contributed by atoms with Crippen LogP contribution in [0.1, 0.15) is 30.9 Å². The Kier molecular flexibility index (Phi) is 8.00. The van der Waals surface area contributed by atoms with Crippen LogP contribution in [0.4, 0.5) is 9.18 Å². The van der Waals surface area contributed by atoms with Crippen molar-refractivity contribution in [3.8, 4) is 0 Å². The molecule has 2 N–H and O–H groups in total. The molecular weight excluding hydrogens is 401 g/mol. The lowest BCUT2D eigenvalue weighted by molar-refractivity contribution is -0.154. The average molecular weight is 429 g/mol. The largest absolute Gasteiger partial charge is 0.465 e. The summed E-state index contributed by atoms with van der Waals surface area (Å²) in [7, 11) is 0. The Morgan fingerprint density at radius 3 is 2.52 bits per heavy atom. The zero-order valence-electron chi connectivity index (χ0n) is 17.5. The summed E-state index contributed by atoms with van der Waals surface area (Å²) < 4.78 is 25.2. The zero-order valence-corrected chi connectivity index (χ0v) is 17.5. The fourth-order valence-corrected chi connectivity index (χ4v) is 3.95. The van der Waals surface area contributed by atoms with Gasteiger partial charge in [0.1, 0.15) is 18.0 Å². The number of rotatable bonds is 6. The van der Waals surface area contributed by atoms with Gasteiger partial charge in [0.15, 0.2) is 0 Å². The van der Waals surface area contributed by atoms with Gasteiger partial charge in [-0.1, -0.05) is 42.5 Å². The van der Waals surface area contributed by atoms with Crippen molar-refractivity contribution >= 4 is 12.1 Å². The van der Waals surface area contributed by atoms with Crippen molar-refractivity contribution in [2.24, 2.45) is 5.92 Å². The predicted octanol–water partition coefficient (Wildman–Crippen LogP) is 3.97. The molecule has 1 heterocycles. The highest BCUT2D eigenvalue weighted by Crippen LogP contribution is 2.27. The molecule has 0 aromatic heterocycles. The number of esters is 1. The minimum absolute atomic E-state index is 0.165. The summed E-state index contributed by atoms with van der Waals surface area (Å²) in [5, 5.41) is 11.2. The van der Waals surface area contributed by atoms with Crippen LogP contribution in [0.3, 0.4) is 0 Å². The van der Waals surface area contributed by atoms with Crippen LogP contribution in [0, 0.1) is 11.7 Å². The standard InChI is InChI=1S/C24H28FNO5/c1-16-20(15-18-7-10-19(25)11-8-18)22(12-9-17-5-3-2-4-6-17)30-14-13-21(23(27)31-16)26-24(28)29/h2-8,10-11,16,20-22,26H,9,12-15H2,1H3,(H,28,29)/t16-,20-,21-,22+/m0/s1. The van der Waals surface area contributed by atoms with Gasteiger partial charge in [0.25, 0.3) is 0 Å². The van der Waals surface area contributed by atoms with Crippen molar-refractivity contribution in [2.45, 2.75) is 50.9 Å². The van der Waals surface area contributed by atoms with Crippen molar-refractivity contribution in [2.75, 3.05) is 6.61 Å². The van der Waals surface area contributed by atoms with Crippen LogP contribution in [0.15, 0.2) is 54.6 Å². The highest BCUT2D eigenvalue weighted by atomic mass is 19.1. The molecule has 4 atom stereocenters. The molecule has 0 radical (unpaired) electrons. The number of halogens is 1. The smallest absolute Gasteiger partial charge is 0.405 e. The summed E-state index contributed by atoms with van der Waals surface area (Å²) in [6, 6.07) is 15.3. The van der Waals surface area contributed by atoms with E-state index in [2.05, 4.69) is 17.4 Å². The van der Waals surface area contributed by atoms with Gasteiger partial charge < -0.3 is 19.9 Å². The maximum Gasteiger partial charge on any atom is 0.405 e. The molecule has 1 fully saturated rings. The minimum atomic E-state index is -1.28. The fourth-order valence-electron chi connectivity index (χ4n) is 3.95. The molecule has 166 valence electrons. The quantitative estimate of drug-likeness (QED) is 0.679. The second-order valence-corrected chi connectivity index (χ2v) is 7.86. The minimum Gasteiger partial charge on any atom is -0.465 e. The number of aryl methyl sites for hydroxylation is 1. The van der Waals surface area contributed by atoms with Crippen LogP contribution >= 0.6 is 0 Å². The predicted molar refractivity (Wildman–Crippen MR) is 113 cm³/mol. The lowest BCUT2D eigenvalue weighted by atomic mass is 9.86. The summed E-state index contributed by atoms with van der Waals surface area (Å²) in [5.74, 6) is -1.08. The van der Waals surface area contributed by atoms with Gasteiger partial charge in [-0.15, -0.1) is 0 Å². The van der Waals surface area contributed by atoms with Gasteiger partial charge in [-0.3, -0.25) is 0 Å². The summed E-state index contributed by atoms with van der Waals surface area (Å²) >= 11 is 0. The van der Waals surface area contributed by atoms with E-state index in [1.165, 1.54) is 17.7 Å². The molecule has 0 aliphatic carbocycles. The molecule has 1 aliphatic heterocycles. The normalized spacial score (nSPS) is 24.4. The number of carboxylic acid groups (broad SMARTS) is 1. The van der Waals surface area contributed by atoms with Gasteiger partial charge in [0.2, 0.25) is 0 Å². The number of carbonyl (C=O) groups is 2. The Balaban J connectivity index is 1.80. The van der Waals surface area contributed by atoms with Crippen molar-refractivity contribution < 1.29 is 28.6 Å². The number of amides is 1. The Labute approximate surface area is 181 Å². The second-order valence-electron chi connectivity index (χ2n) is 7.86. The van der Waals surface area contributed by atoms with Gasteiger partial charge in [0, 0.05) is 18.9 Å². The third kappa shape index (κ3) is 6.79. The highest BCUT2D eigenvalue weighted by Gasteiger charge is 2.34. The van der Waals surface area contributed by atoms with E-state index in [4.69, 9.17) is 14.6 Å². The molecule has 6 nitrogen and oxygen atoms in total. The Morgan fingerprint density at radius 1 is 1.13 bits per heavy atom. The second kappa shape index (κ2) is 10.9. The highest BCUT2D eigenvalue weighted by molar-refractivity contribution is 5.80. The molecule has 31 heavy (non-hydrogen) atoms. The summed E-state index contributed by atoms with van der Waals surface area (Å²) in [6.45, 7) is 2.03. The molecule has 1 saturated heterocycles. The Bertz CT molecular complexity index is 858. The fraction of sp³-hybridized carbons (Fsp3) is 0.417. The van der Waals surface area contributed by atoms with Crippen molar-refractivity contribution in [3.63, 3.8) is 0 Å². The van der Waals surface area contributed by atoms with Crippen molar-refractivity contribution in [1.29, 1.82) is 0 Å². The number of ether oxygens (including phenoxy) is 2. The first kappa shape index (κ1) is 22.7. The van der Waals surface area contributed by atoms with E-state index >= 15 is 0 Å². The topological polar surface area (TPSA) is 84.9 Å². The van der Waals surface area contributed by atoms with Crippen LogP contribution in [-0.2, 0) is 27.1 Å². The number of benzene rings is 2. The zero-order chi connectivity index (χ0) is 22.2. The first-order valence-corrected chi connectivity index (χ1v) is 10.5. The SMILES string of the molecule is C[C@@H]1OC(=O)[C@@H](NC(=O)O)CCO[C@H](CCc2ccccc2)[C@H]1Cc1ccc(F)cc1. The van der Waals surface area contributed by atoms with E-state index < -0.39 is 24.2 Å². The number of carbonyl (C=O) groups excluding carboxylic acids is 1. The lowest BCUT2D eigenvalue weighted by Crippen LogP contribution is -2.43. The molecule has 1 amide bonds. The third-order valence-corrected chi connectivity index (χ3v) is 5.65. The van der Waals surface area contributed by atoms with Gasteiger partial charge >= 0.3 is 12.1 Å². The van der Waals surface area contributed by atoms with E-state index in [0.717, 1.165) is 18.4 Å². The molecule has 2 aromatic rings. The first-order chi connectivity index (χ1) is 14.9. The Hall–Kier alpha value is -2.93. The van der Waals surface area contributed by atoms with Crippen LogP contribution in [-0.4, -0.2) is 42.0 Å². The maximum absolute atomic E-state index is 13.3. The summed E-state index contributed by atoms with van der Waals surface area (Å²) in [6.07, 6.45) is 0.259. The molecule has 0 saturated carbocycles. The van der Waals surface area contributed by atoms with Crippen LogP contribution in [0.5, 0.6) is 0 Å². The molecule has 3 rings (SSSR count). The van der Waals surface area contributed by atoms with Gasteiger partial charge in [0.05, 0.1) is 6.10 Å². The maximum atomic E-state index is 13.3. The van der Waals surface area contributed by atoms with Gasteiger partial charge in [-0.05, 0) is 49.4 Å². The number of hydrogen-bond acceptors (Lipinski definition) is 4. The monoisotopic (exact) mass is 429 g/mol. The Morgan fingerprint density at radius 2 is 1.84 bits per heavy atom. The van der Waals surface area contributed by atoms with E-state index in [-0.39, 0.29) is 30.9 Å². The van der Waals surface area contributed by atoms with E-state index in [9.17, 15) is 14.0 Å². The molecule has 1 aliphatic rings. The molecular formula is C24H28FNO5. The van der Waals surface area contributed by atoms with Gasteiger partial charge in [-0.25, -0.2) is 14.0 Å². The first-order valence-electron chi connectivity index (χ1n) is 10.5. The summed E-state index contributed by atoms with van der Waals surface area (Å²) in [5.41, 5.74) is 2.10. The number of nitrogens with one attached hydrogen (secondary N) is 1. The van der Waals surface area contributed by atoms with Crippen LogP contribution < -0.4 is 5.32 Å². The van der Waals surface area contributed by atoms with Crippen LogP contribution in [0.2, 0.25) is 0 Å². The molecule has 0 unspecified atom stereocenters. The van der Waals surface area contributed by atoms with Crippen molar-refractivity contribution in [1.82, 2.24) is 5.32 Å². The number of cyclic esters (lactones) is 1. The van der Waals surface area contributed by atoms with E-state index in [0.29, 0.717) is 6.42 Å². The van der Waals surface area contributed by atoms with Crippen molar-refractivity contribution in [3.05, 3.63) is 71.5 Å². The summed E-state index contributed by atoms with van der Waals surface area (Å²) in [4.78, 5) is 23.6. The molecule has 2 aromatic carbocycles. The van der Waals surface area contributed by atoms with E-state index in [1.54, 1.807) is 19.1 Å². The van der Waals surface area contributed by atoms with Gasteiger partial charge in [-0.2, -0.15) is 0 Å². The average Bonchev–Trinajstić information content (AvgIpc) is 2.79. The number of hydrogen-bond donors (Lipinski definition) is 2. The molecule has 7 heteroatoms.